The maximum atomic E-state index is 6.54. The van der Waals surface area contributed by atoms with Crippen molar-refractivity contribution in [3.05, 3.63) is 170 Å². The number of hydrogen-bond acceptors (Lipinski definition) is 1. The van der Waals surface area contributed by atoms with Crippen LogP contribution in [0.25, 0.3) is 98.4 Å². The fourth-order valence-corrected chi connectivity index (χ4v) is 7.84. The van der Waals surface area contributed by atoms with Crippen molar-refractivity contribution in [3.8, 4) is 33.4 Å². The van der Waals surface area contributed by atoms with Crippen molar-refractivity contribution in [2.75, 3.05) is 0 Å². The molecule has 218 valence electrons. The second kappa shape index (κ2) is 10.2. The van der Waals surface area contributed by atoms with Crippen molar-refractivity contribution in [1.82, 2.24) is 0 Å². The molecule has 0 amide bonds. The molecule has 1 heteroatoms. The normalized spacial score (nSPS) is 11.8. The SMILES string of the molecule is c1ccc(-c2c3ccccc3c(-c3ccc4oc5cccc(-c6cccc7c6ccc6ccccc67)c5c4c3)c3ccccc23)cc1. The number of hydrogen-bond donors (Lipinski definition) is 0. The highest BCUT2D eigenvalue weighted by Crippen LogP contribution is 2.46. The Morgan fingerprint density at radius 2 is 0.894 bits per heavy atom. The van der Waals surface area contributed by atoms with Gasteiger partial charge < -0.3 is 4.42 Å². The lowest BCUT2D eigenvalue weighted by atomic mass is 9.85. The van der Waals surface area contributed by atoms with Gasteiger partial charge in [0, 0.05) is 10.8 Å². The minimum atomic E-state index is 0.899. The molecule has 47 heavy (non-hydrogen) atoms. The molecule has 0 bridgehead atoms. The third kappa shape index (κ3) is 3.90. The first-order chi connectivity index (χ1) is 23.3. The summed E-state index contributed by atoms with van der Waals surface area (Å²) in [6, 6.07) is 61.5. The lowest BCUT2D eigenvalue weighted by Gasteiger charge is -2.17. The van der Waals surface area contributed by atoms with Gasteiger partial charge in [-0.25, -0.2) is 0 Å². The number of benzene rings is 9. The highest BCUT2D eigenvalue weighted by Gasteiger charge is 2.19. The minimum absolute atomic E-state index is 0.899. The monoisotopic (exact) mass is 596 g/mol. The zero-order valence-electron chi connectivity index (χ0n) is 25.6. The molecule has 0 saturated heterocycles. The van der Waals surface area contributed by atoms with E-state index in [0.717, 1.165) is 21.9 Å². The first kappa shape index (κ1) is 26.1. The molecule has 1 heterocycles. The van der Waals surface area contributed by atoms with Gasteiger partial charge in [-0.1, -0.05) is 152 Å². The van der Waals surface area contributed by atoms with Crippen molar-refractivity contribution in [1.29, 1.82) is 0 Å². The summed E-state index contributed by atoms with van der Waals surface area (Å²) in [5, 5.41) is 12.3. The van der Waals surface area contributed by atoms with E-state index in [1.54, 1.807) is 0 Å². The number of fused-ring (bicyclic) bond motifs is 8. The summed E-state index contributed by atoms with van der Waals surface area (Å²) in [6.07, 6.45) is 0. The van der Waals surface area contributed by atoms with Crippen LogP contribution in [0.3, 0.4) is 0 Å². The Bertz CT molecular complexity index is 2780. The molecule has 0 saturated carbocycles. The van der Waals surface area contributed by atoms with Gasteiger partial charge in [-0.05, 0) is 94.7 Å². The van der Waals surface area contributed by atoms with Crippen molar-refractivity contribution in [3.63, 3.8) is 0 Å². The molecule has 0 aliphatic heterocycles. The Kier molecular flexibility index (Phi) is 5.64. The van der Waals surface area contributed by atoms with Crippen molar-refractivity contribution in [2.24, 2.45) is 0 Å². The predicted octanol–water partition coefficient (Wildman–Crippen LogP) is 13.2. The first-order valence-electron chi connectivity index (χ1n) is 16.2. The molecule has 0 unspecified atom stereocenters. The van der Waals surface area contributed by atoms with Gasteiger partial charge in [0.1, 0.15) is 11.2 Å². The van der Waals surface area contributed by atoms with Crippen LogP contribution < -0.4 is 0 Å². The van der Waals surface area contributed by atoms with E-state index in [1.165, 1.54) is 76.5 Å². The molecule has 10 aromatic rings. The largest absolute Gasteiger partial charge is 0.456 e. The van der Waals surface area contributed by atoms with Crippen LogP contribution in [0, 0.1) is 0 Å². The summed E-state index contributed by atoms with van der Waals surface area (Å²) >= 11 is 0. The first-order valence-corrected chi connectivity index (χ1v) is 16.2. The zero-order valence-corrected chi connectivity index (χ0v) is 25.6. The van der Waals surface area contributed by atoms with Gasteiger partial charge in [-0.15, -0.1) is 0 Å². The molecule has 10 rings (SSSR count). The summed E-state index contributed by atoms with van der Waals surface area (Å²) in [6.45, 7) is 0. The maximum Gasteiger partial charge on any atom is 0.136 e. The van der Waals surface area contributed by atoms with Gasteiger partial charge in [0.2, 0.25) is 0 Å². The number of furan rings is 1. The third-order valence-electron chi connectivity index (χ3n) is 9.85. The average molecular weight is 597 g/mol. The standard InChI is InChI=1S/C46H28O/c1-2-13-30(14-3-1)44-37-16-6-8-18-39(37)45(40-19-9-7-17-38(40)44)31-25-27-42-41(28-31)46-36(22-11-23-43(46)47-42)34-21-10-20-33-32-15-5-4-12-29(32)24-26-35(33)34/h1-28H. The highest BCUT2D eigenvalue weighted by atomic mass is 16.3. The van der Waals surface area contributed by atoms with Crippen molar-refractivity contribution >= 4 is 65.0 Å². The third-order valence-corrected chi connectivity index (χ3v) is 9.85. The van der Waals surface area contributed by atoms with E-state index in [-0.39, 0.29) is 0 Å². The second-order valence-corrected chi connectivity index (χ2v) is 12.4. The van der Waals surface area contributed by atoms with Gasteiger partial charge in [0.05, 0.1) is 0 Å². The van der Waals surface area contributed by atoms with E-state index in [9.17, 15) is 0 Å². The molecule has 0 aliphatic carbocycles. The topological polar surface area (TPSA) is 13.1 Å². The Morgan fingerprint density at radius 1 is 0.298 bits per heavy atom. The van der Waals surface area contributed by atoms with Crippen LogP contribution in [-0.2, 0) is 0 Å². The Hall–Kier alpha value is -6.18. The van der Waals surface area contributed by atoms with E-state index >= 15 is 0 Å². The van der Waals surface area contributed by atoms with Crippen LogP contribution >= 0.6 is 0 Å². The lowest BCUT2D eigenvalue weighted by Crippen LogP contribution is -1.90. The molecular weight excluding hydrogens is 569 g/mol. The van der Waals surface area contributed by atoms with Gasteiger partial charge in [0.25, 0.3) is 0 Å². The highest BCUT2D eigenvalue weighted by molar-refractivity contribution is 6.23. The second-order valence-electron chi connectivity index (χ2n) is 12.4. The molecule has 0 radical (unpaired) electrons. The zero-order chi connectivity index (χ0) is 30.9. The molecule has 0 aliphatic rings. The van der Waals surface area contributed by atoms with E-state index in [2.05, 4.69) is 170 Å². The molecule has 0 atom stereocenters. The van der Waals surface area contributed by atoms with E-state index in [0.29, 0.717) is 0 Å². The minimum Gasteiger partial charge on any atom is -0.456 e. The molecular formula is C46H28O. The van der Waals surface area contributed by atoms with Gasteiger partial charge in [0.15, 0.2) is 0 Å². The molecule has 0 N–H and O–H groups in total. The predicted molar refractivity (Wildman–Crippen MR) is 200 cm³/mol. The molecule has 0 fully saturated rings. The average Bonchev–Trinajstić information content (AvgIpc) is 3.52. The van der Waals surface area contributed by atoms with Crippen molar-refractivity contribution < 1.29 is 4.42 Å². The Labute approximate surface area is 271 Å². The van der Waals surface area contributed by atoms with Crippen LogP contribution in [0.4, 0.5) is 0 Å². The molecule has 9 aromatic carbocycles. The van der Waals surface area contributed by atoms with Crippen LogP contribution in [0.15, 0.2) is 174 Å². The summed E-state index contributed by atoms with van der Waals surface area (Å²) in [4.78, 5) is 0. The number of rotatable bonds is 3. The van der Waals surface area contributed by atoms with Gasteiger partial charge in [-0.3, -0.25) is 0 Å². The summed E-state index contributed by atoms with van der Waals surface area (Å²) in [7, 11) is 0. The molecule has 1 nitrogen and oxygen atoms in total. The maximum absolute atomic E-state index is 6.54. The molecule has 1 aromatic heterocycles. The lowest BCUT2D eigenvalue weighted by molar-refractivity contribution is 0.669. The van der Waals surface area contributed by atoms with E-state index < -0.39 is 0 Å². The summed E-state index contributed by atoms with van der Waals surface area (Å²) < 4.78 is 6.54. The van der Waals surface area contributed by atoms with Crippen LogP contribution in [-0.4, -0.2) is 0 Å². The Morgan fingerprint density at radius 3 is 1.64 bits per heavy atom. The summed E-state index contributed by atoms with van der Waals surface area (Å²) in [5.41, 5.74) is 9.16. The van der Waals surface area contributed by atoms with Gasteiger partial charge >= 0.3 is 0 Å². The van der Waals surface area contributed by atoms with E-state index in [4.69, 9.17) is 4.42 Å². The van der Waals surface area contributed by atoms with Crippen LogP contribution in [0.5, 0.6) is 0 Å². The Balaban J connectivity index is 1.27. The quantitative estimate of drug-likeness (QED) is 0.146. The van der Waals surface area contributed by atoms with Crippen LogP contribution in [0.2, 0.25) is 0 Å². The smallest absolute Gasteiger partial charge is 0.136 e. The fourth-order valence-electron chi connectivity index (χ4n) is 7.84. The summed E-state index contributed by atoms with van der Waals surface area (Å²) in [5.74, 6) is 0. The molecule has 0 spiro atoms. The van der Waals surface area contributed by atoms with Gasteiger partial charge in [-0.2, -0.15) is 0 Å². The van der Waals surface area contributed by atoms with E-state index in [1.807, 2.05) is 0 Å². The van der Waals surface area contributed by atoms with Crippen molar-refractivity contribution in [2.45, 2.75) is 0 Å². The van der Waals surface area contributed by atoms with Crippen LogP contribution in [0.1, 0.15) is 0 Å². The fraction of sp³-hybridized carbons (Fsp3) is 0.